The Morgan fingerprint density at radius 3 is 2.91 bits per heavy atom. The Bertz CT molecular complexity index is 631. The summed E-state index contributed by atoms with van der Waals surface area (Å²) in [5.74, 6) is 1.50. The zero-order valence-electron chi connectivity index (χ0n) is 12.2. The van der Waals surface area contributed by atoms with Crippen LogP contribution in [0.25, 0.3) is 0 Å². The van der Waals surface area contributed by atoms with Crippen LogP contribution in [0.15, 0.2) is 18.2 Å². The molecule has 6 nitrogen and oxygen atoms in total. The van der Waals surface area contributed by atoms with Gasteiger partial charge in [-0.1, -0.05) is 6.07 Å². The molecule has 2 atom stereocenters. The molecule has 1 aromatic carbocycles. The van der Waals surface area contributed by atoms with E-state index in [-0.39, 0.29) is 30.7 Å². The van der Waals surface area contributed by atoms with Gasteiger partial charge in [0.25, 0.3) is 0 Å². The van der Waals surface area contributed by atoms with Gasteiger partial charge in [-0.15, -0.1) is 0 Å². The minimum atomic E-state index is -0.359. The van der Waals surface area contributed by atoms with E-state index in [1.54, 1.807) is 0 Å². The summed E-state index contributed by atoms with van der Waals surface area (Å²) in [4.78, 5) is 25.9. The summed E-state index contributed by atoms with van der Waals surface area (Å²) in [5.41, 5.74) is 1.07. The second kappa shape index (κ2) is 5.19. The van der Waals surface area contributed by atoms with Crippen molar-refractivity contribution in [2.75, 3.05) is 13.3 Å². The van der Waals surface area contributed by atoms with Gasteiger partial charge in [-0.05, 0) is 37.0 Å². The molecule has 0 aromatic heterocycles. The fourth-order valence-corrected chi connectivity index (χ4v) is 3.50. The Labute approximate surface area is 128 Å². The van der Waals surface area contributed by atoms with Crippen LogP contribution in [-0.2, 0) is 9.59 Å². The number of benzene rings is 1. The first kappa shape index (κ1) is 13.4. The van der Waals surface area contributed by atoms with Gasteiger partial charge in [-0.25, -0.2) is 0 Å². The number of hydrogen-bond donors (Lipinski definition) is 1. The monoisotopic (exact) mass is 302 g/mol. The zero-order valence-corrected chi connectivity index (χ0v) is 12.2. The van der Waals surface area contributed by atoms with Crippen LogP contribution in [0.3, 0.4) is 0 Å². The van der Waals surface area contributed by atoms with Gasteiger partial charge >= 0.3 is 0 Å². The molecule has 2 amide bonds. The molecule has 4 rings (SSSR count). The van der Waals surface area contributed by atoms with Crippen molar-refractivity contribution in [2.45, 2.75) is 37.8 Å². The van der Waals surface area contributed by atoms with Gasteiger partial charge in [0.15, 0.2) is 11.5 Å². The molecule has 0 bridgehead atoms. The van der Waals surface area contributed by atoms with Gasteiger partial charge in [0.2, 0.25) is 18.6 Å². The number of ether oxygens (including phenoxy) is 2. The lowest BCUT2D eigenvalue weighted by Crippen LogP contribution is -2.44. The highest BCUT2D eigenvalue weighted by molar-refractivity contribution is 5.91. The molecule has 0 aliphatic carbocycles. The average molecular weight is 302 g/mol. The number of nitrogens with zero attached hydrogens (tertiary/aromatic N) is 1. The first-order chi connectivity index (χ1) is 10.7. The summed E-state index contributed by atoms with van der Waals surface area (Å²) in [6.45, 7) is 0.991. The summed E-state index contributed by atoms with van der Waals surface area (Å²) in [6.07, 6.45) is 2.96. The second-order valence-electron chi connectivity index (χ2n) is 5.96. The van der Waals surface area contributed by atoms with Crippen LogP contribution < -0.4 is 14.8 Å². The van der Waals surface area contributed by atoms with Crippen molar-refractivity contribution >= 4 is 11.8 Å². The summed E-state index contributed by atoms with van der Waals surface area (Å²) in [6, 6.07) is 5.56. The lowest BCUT2D eigenvalue weighted by molar-refractivity contribution is -0.135. The van der Waals surface area contributed by atoms with Crippen LogP contribution >= 0.6 is 0 Å². The quantitative estimate of drug-likeness (QED) is 0.895. The van der Waals surface area contributed by atoms with E-state index in [0.717, 1.165) is 36.4 Å². The van der Waals surface area contributed by atoms with Crippen LogP contribution in [0, 0.1) is 0 Å². The van der Waals surface area contributed by atoms with Crippen LogP contribution in [0.4, 0.5) is 0 Å². The molecule has 116 valence electrons. The Morgan fingerprint density at radius 1 is 1.23 bits per heavy atom. The first-order valence-corrected chi connectivity index (χ1v) is 7.72. The molecule has 22 heavy (non-hydrogen) atoms. The van der Waals surface area contributed by atoms with Crippen molar-refractivity contribution in [1.29, 1.82) is 0 Å². The van der Waals surface area contributed by atoms with Gasteiger partial charge in [-0.2, -0.15) is 0 Å². The number of carbonyl (C=O) groups excluding carboxylic acids is 2. The average Bonchev–Trinajstić information content (AvgIpc) is 3.25. The molecule has 2 fully saturated rings. The minimum absolute atomic E-state index is 0.0304. The van der Waals surface area contributed by atoms with Gasteiger partial charge in [-0.3, -0.25) is 9.59 Å². The number of nitrogens with one attached hydrogen (secondary N) is 1. The summed E-state index contributed by atoms with van der Waals surface area (Å²) in [5, 5.41) is 2.77. The van der Waals surface area contributed by atoms with Gasteiger partial charge < -0.3 is 19.7 Å². The van der Waals surface area contributed by atoms with Crippen molar-refractivity contribution in [3.05, 3.63) is 23.8 Å². The molecule has 3 heterocycles. The summed E-state index contributed by atoms with van der Waals surface area (Å²) < 4.78 is 10.8. The molecule has 0 radical (unpaired) electrons. The largest absolute Gasteiger partial charge is 0.454 e. The van der Waals surface area contributed by atoms with Gasteiger partial charge in [0.1, 0.15) is 6.04 Å². The molecule has 0 unspecified atom stereocenters. The molecule has 1 N–H and O–H groups in total. The molecular weight excluding hydrogens is 284 g/mol. The molecule has 0 saturated carbocycles. The maximum Gasteiger partial charge on any atom is 0.245 e. The third-order valence-corrected chi connectivity index (χ3v) is 4.61. The predicted molar refractivity (Wildman–Crippen MR) is 77.4 cm³/mol. The Hall–Kier alpha value is -2.24. The van der Waals surface area contributed by atoms with Crippen LogP contribution in [0.1, 0.15) is 37.3 Å². The van der Waals surface area contributed by atoms with E-state index >= 15 is 0 Å². The lowest BCUT2D eigenvalue weighted by Gasteiger charge is -2.27. The van der Waals surface area contributed by atoms with Gasteiger partial charge in [0.05, 0.1) is 6.04 Å². The van der Waals surface area contributed by atoms with Crippen LogP contribution in [-0.4, -0.2) is 36.1 Å². The normalized spacial score (nSPS) is 26.4. The molecule has 3 aliphatic heterocycles. The molecule has 0 spiro atoms. The Morgan fingerprint density at radius 2 is 2.09 bits per heavy atom. The molecular formula is C16H18N2O4. The van der Waals surface area contributed by atoms with E-state index in [9.17, 15) is 9.59 Å². The van der Waals surface area contributed by atoms with Crippen molar-refractivity contribution in [2.24, 2.45) is 0 Å². The smallest absolute Gasteiger partial charge is 0.245 e. The first-order valence-electron chi connectivity index (χ1n) is 7.72. The van der Waals surface area contributed by atoms with E-state index in [1.165, 1.54) is 0 Å². The highest BCUT2D eigenvalue weighted by Gasteiger charge is 2.37. The van der Waals surface area contributed by atoms with E-state index in [2.05, 4.69) is 5.32 Å². The molecule has 2 saturated heterocycles. The van der Waals surface area contributed by atoms with Crippen molar-refractivity contribution < 1.29 is 19.1 Å². The minimum Gasteiger partial charge on any atom is -0.454 e. The second-order valence-corrected chi connectivity index (χ2v) is 5.96. The molecule has 1 aromatic rings. The highest BCUT2D eigenvalue weighted by Crippen LogP contribution is 2.39. The van der Waals surface area contributed by atoms with Crippen molar-refractivity contribution in [1.82, 2.24) is 10.2 Å². The Balaban J connectivity index is 1.56. The zero-order chi connectivity index (χ0) is 15.1. The van der Waals surface area contributed by atoms with Crippen molar-refractivity contribution in [3.63, 3.8) is 0 Å². The third-order valence-electron chi connectivity index (χ3n) is 4.61. The SMILES string of the molecule is O=C1CC[C@H](C(=O)N2CCC[C@@H]2c2ccc3c(c2)OCO3)N1. The van der Waals surface area contributed by atoms with E-state index in [4.69, 9.17) is 9.47 Å². The number of fused-ring (bicyclic) bond motifs is 1. The van der Waals surface area contributed by atoms with E-state index < -0.39 is 0 Å². The standard InChI is InChI=1S/C16H18N2O4/c19-15-6-4-11(17-15)16(20)18-7-1-2-12(18)10-3-5-13-14(8-10)22-9-21-13/h3,5,8,11-12H,1-2,4,6-7,9H2,(H,17,19)/t11-,12-/m1/s1. The fourth-order valence-electron chi connectivity index (χ4n) is 3.50. The van der Waals surface area contributed by atoms with Crippen LogP contribution in [0.2, 0.25) is 0 Å². The molecule has 6 heteroatoms. The van der Waals surface area contributed by atoms with Gasteiger partial charge in [0, 0.05) is 13.0 Å². The maximum atomic E-state index is 12.7. The number of amides is 2. The number of likely N-dealkylation sites (tertiary alicyclic amines) is 1. The number of carbonyl (C=O) groups is 2. The summed E-state index contributed by atoms with van der Waals surface area (Å²) in [7, 11) is 0. The maximum absolute atomic E-state index is 12.7. The topological polar surface area (TPSA) is 67.9 Å². The molecule has 3 aliphatic rings. The fraction of sp³-hybridized carbons (Fsp3) is 0.500. The van der Waals surface area contributed by atoms with Crippen LogP contribution in [0.5, 0.6) is 11.5 Å². The summed E-state index contributed by atoms with van der Waals surface area (Å²) >= 11 is 0. The Kier molecular flexibility index (Phi) is 3.17. The van der Waals surface area contributed by atoms with E-state index in [0.29, 0.717) is 12.8 Å². The number of hydrogen-bond acceptors (Lipinski definition) is 4. The predicted octanol–water partition coefficient (Wildman–Crippen LogP) is 1.36. The third kappa shape index (κ3) is 2.19. The van der Waals surface area contributed by atoms with E-state index in [1.807, 2.05) is 23.1 Å². The highest BCUT2D eigenvalue weighted by atomic mass is 16.7. The van der Waals surface area contributed by atoms with Crippen molar-refractivity contribution in [3.8, 4) is 11.5 Å². The lowest BCUT2D eigenvalue weighted by atomic mass is 10.0. The number of rotatable bonds is 2.